The minimum absolute atomic E-state index is 0.839. The van der Waals surface area contributed by atoms with Crippen molar-refractivity contribution in [3.05, 3.63) is 0 Å². The zero-order valence-electron chi connectivity index (χ0n) is 10.00. The van der Waals surface area contributed by atoms with Gasteiger partial charge in [0.25, 0.3) is 0 Å². The molecule has 0 aromatic carbocycles. The molecule has 0 aromatic heterocycles. The summed E-state index contributed by atoms with van der Waals surface area (Å²) in [4.78, 5) is 2.60. The highest BCUT2D eigenvalue weighted by Gasteiger charge is 2.36. The summed E-state index contributed by atoms with van der Waals surface area (Å²) >= 11 is 0. The summed E-state index contributed by atoms with van der Waals surface area (Å²) in [5, 5.41) is 0. The highest BCUT2D eigenvalue weighted by molar-refractivity contribution is 4.89. The molecule has 1 heterocycles. The van der Waals surface area contributed by atoms with Gasteiger partial charge in [0.15, 0.2) is 0 Å². The highest BCUT2D eigenvalue weighted by atomic mass is 15.2. The molecule has 0 unspecified atom stereocenters. The van der Waals surface area contributed by atoms with Crippen LogP contribution in [0.5, 0.6) is 0 Å². The average molecular weight is 195 g/mol. The van der Waals surface area contributed by atoms with Crippen molar-refractivity contribution in [2.75, 3.05) is 13.6 Å². The summed E-state index contributed by atoms with van der Waals surface area (Å²) in [7, 11) is 2.32. The van der Waals surface area contributed by atoms with Gasteiger partial charge in [0.05, 0.1) is 0 Å². The van der Waals surface area contributed by atoms with E-state index in [0.717, 1.165) is 23.8 Å². The first-order valence-corrected chi connectivity index (χ1v) is 6.38. The van der Waals surface area contributed by atoms with Gasteiger partial charge in [0.1, 0.15) is 0 Å². The molecule has 1 saturated heterocycles. The third-order valence-electron chi connectivity index (χ3n) is 4.47. The first-order valence-electron chi connectivity index (χ1n) is 6.38. The summed E-state index contributed by atoms with van der Waals surface area (Å²) in [6.45, 7) is 6.11. The molecule has 0 aromatic rings. The largest absolute Gasteiger partial charge is 0.303 e. The van der Waals surface area contributed by atoms with Crippen molar-refractivity contribution in [2.45, 2.75) is 52.0 Å². The van der Waals surface area contributed by atoms with Gasteiger partial charge in [-0.15, -0.1) is 0 Å². The Balaban J connectivity index is 1.91. The lowest BCUT2D eigenvalue weighted by Crippen LogP contribution is -2.29. The van der Waals surface area contributed by atoms with E-state index in [1.54, 1.807) is 0 Å². The van der Waals surface area contributed by atoms with E-state index in [1.807, 2.05) is 0 Å². The van der Waals surface area contributed by atoms with Crippen molar-refractivity contribution in [1.82, 2.24) is 4.90 Å². The van der Waals surface area contributed by atoms with Gasteiger partial charge >= 0.3 is 0 Å². The van der Waals surface area contributed by atoms with E-state index in [1.165, 1.54) is 38.6 Å². The quantitative estimate of drug-likeness (QED) is 0.654. The van der Waals surface area contributed by atoms with Crippen LogP contribution in [0.15, 0.2) is 0 Å². The second-order valence-electron chi connectivity index (χ2n) is 5.79. The van der Waals surface area contributed by atoms with E-state index in [4.69, 9.17) is 0 Å². The van der Waals surface area contributed by atoms with Crippen molar-refractivity contribution < 1.29 is 0 Å². The molecule has 0 N–H and O–H groups in total. The molecule has 0 bridgehead atoms. The van der Waals surface area contributed by atoms with Gasteiger partial charge in [-0.05, 0) is 31.2 Å². The fraction of sp³-hybridized carbons (Fsp3) is 1.00. The lowest BCUT2D eigenvalue weighted by atomic mass is 9.87. The Morgan fingerprint density at radius 1 is 1.07 bits per heavy atom. The molecule has 1 aliphatic heterocycles. The lowest BCUT2D eigenvalue weighted by molar-refractivity contribution is 0.248. The maximum absolute atomic E-state index is 2.60. The van der Waals surface area contributed by atoms with Gasteiger partial charge in [-0.3, -0.25) is 0 Å². The summed E-state index contributed by atoms with van der Waals surface area (Å²) < 4.78 is 0. The maximum Gasteiger partial charge on any atom is 0.0118 e. The smallest absolute Gasteiger partial charge is 0.0118 e. The predicted molar refractivity (Wildman–Crippen MR) is 61.3 cm³/mol. The van der Waals surface area contributed by atoms with Gasteiger partial charge in [-0.2, -0.15) is 0 Å². The Morgan fingerprint density at radius 3 is 2.21 bits per heavy atom. The Hall–Kier alpha value is -0.0400. The van der Waals surface area contributed by atoms with Gasteiger partial charge in [-0.1, -0.05) is 39.5 Å². The molecule has 82 valence electrons. The van der Waals surface area contributed by atoms with Crippen LogP contribution in [-0.2, 0) is 0 Å². The molecular weight excluding hydrogens is 170 g/mol. The summed E-state index contributed by atoms with van der Waals surface area (Å²) in [5.74, 6) is 2.93. The number of likely N-dealkylation sites (tertiary alicyclic amines) is 1. The first-order chi connectivity index (χ1) is 6.68. The standard InChI is InChI=1S/C13H25N/c1-10(2)13-8-12(9-14(13)3)11-6-4-5-7-11/h10-13H,4-9H2,1-3H3/t12-,13+/m1/s1. The molecule has 1 aliphatic carbocycles. The molecule has 14 heavy (non-hydrogen) atoms. The third kappa shape index (κ3) is 1.98. The van der Waals surface area contributed by atoms with Crippen LogP contribution in [0.25, 0.3) is 0 Å². The Bertz CT molecular complexity index is 182. The number of nitrogens with zero attached hydrogens (tertiary/aromatic N) is 1. The average Bonchev–Trinajstić information content (AvgIpc) is 2.70. The highest BCUT2D eigenvalue weighted by Crippen LogP contribution is 2.39. The first kappa shape index (κ1) is 10.5. The molecule has 0 radical (unpaired) electrons. The van der Waals surface area contributed by atoms with Gasteiger partial charge in [0, 0.05) is 12.6 Å². The van der Waals surface area contributed by atoms with E-state index < -0.39 is 0 Å². The van der Waals surface area contributed by atoms with E-state index in [2.05, 4.69) is 25.8 Å². The van der Waals surface area contributed by atoms with Crippen molar-refractivity contribution in [2.24, 2.45) is 17.8 Å². The second-order valence-corrected chi connectivity index (χ2v) is 5.79. The fourth-order valence-electron chi connectivity index (χ4n) is 3.62. The predicted octanol–water partition coefficient (Wildman–Crippen LogP) is 3.15. The van der Waals surface area contributed by atoms with Crippen molar-refractivity contribution in [1.29, 1.82) is 0 Å². The fourth-order valence-corrected chi connectivity index (χ4v) is 3.62. The second kappa shape index (κ2) is 4.22. The van der Waals surface area contributed by atoms with Crippen LogP contribution in [0.1, 0.15) is 46.0 Å². The van der Waals surface area contributed by atoms with Crippen LogP contribution >= 0.6 is 0 Å². The number of hydrogen-bond donors (Lipinski definition) is 0. The SMILES string of the molecule is CC(C)[C@@H]1C[C@@H](C2CCCC2)CN1C. The topological polar surface area (TPSA) is 3.24 Å². The molecule has 1 heteroatoms. The van der Waals surface area contributed by atoms with Crippen LogP contribution in [0.3, 0.4) is 0 Å². The van der Waals surface area contributed by atoms with Gasteiger partial charge in [-0.25, -0.2) is 0 Å². The van der Waals surface area contributed by atoms with Crippen molar-refractivity contribution >= 4 is 0 Å². The summed E-state index contributed by atoms with van der Waals surface area (Å²) in [5.41, 5.74) is 0. The summed E-state index contributed by atoms with van der Waals surface area (Å²) in [6.07, 6.45) is 7.50. The zero-order valence-corrected chi connectivity index (χ0v) is 10.00. The van der Waals surface area contributed by atoms with Gasteiger partial charge < -0.3 is 4.90 Å². The molecule has 0 spiro atoms. The van der Waals surface area contributed by atoms with Crippen LogP contribution in [0, 0.1) is 17.8 Å². The molecule has 2 aliphatic rings. The van der Waals surface area contributed by atoms with E-state index in [-0.39, 0.29) is 0 Å². The monoisotopic (exact) mass is 195 g/mol. The van der Waals surface area contributed by atoms with E-state index in [9.17, 15) is 0 Å². The van der Waals surface area contributed by atoms with Crippen LogP contribution in [-0.4, -0.2) is 24.5 Å². The van der Waals surface area contributed by atoms with Gasteiger partial charge in [0.2, 0.25) is 0 Å². The molecule has 2 fully saturated rings. The Kier molecular flexibility index (Phi) is 3.16. The third-order valence-corrected chi connectivity index (χ3v) is 4.47. The molecule has 1 saturated carbocycles. The minimum Gasteiger partial charge on any atom is -0.303 e. The van der Waals surface area contributed by atoms with Crippen LogP contribution in [0.2, 0.25) is 0 Å². The Labute approximate surface area is 88.9 Å². The molecule has 2 rings (SSSR count). The number of rotatable bonds is 2. The minimum atomic E-state index is 0.839. The lowest BCUT2D eigenvalue weighted by Gasteiger charge is -2.22. The normalized spacial score (nSPS) is 36.0. The molecule has 0 amide bonds. The maximum atomic E-state index is 2.60. The van der Waals surface area contributed by atoms with Crippen molar-refractivity contribution in [3.8, 4) is 0 Å². The van der Waals surface area contributed by atoms with Crippen LogP contribution < -0.4 is 0 Å². The zero-order chi connectivity index (χ0) is 10.1. The molecule has 2 atom stereocenters. The van der Waals surface area contributed by atoms with Crippen LogP contribution in [0.4, 0.5) is 0 Å². The van der Waals surface area contributed by atoms with E-state index in [0.29, 0.717) is 0 Å². The van der Waals surface area contributed by atoms with Crippen molar-refractivity contribution in [3.63, 3.8) is 0 Å². The summed E-state index contributed by atoms with van der Waals surface area (Å²) in [6, 6.07) is 0.862. The van der Waals surface area contributed by atoms with E-state index >= 15 is 0 Å². The Morgan fingerprint density at radius 2 is 1.71 bits per heavy atom. The molecular formula is C13H25N. The number of hydrogen-bond acceptors (Lipinski definition) is 1. The molecule has 1 nitrogen and oxygen atoms in total.